The molecule has 0 bridgehead atoms. The molecule has 31 heavy (non-hydrogen) atoms. The molecule has 3 rings (SSSR count). The van der Waals surface area contributed by atoms with Crippen LogP contribution in [0.4, 0.5) is 16.2 Å². The number of hydrogen-bond acceptors (Lipinski definition) is 5. The molecule has 0 spiro atoms. The van der Waals surface area contributed by atoms with Crippen molar-refractivity contribution in [2.75, 3.05) is 37.9 Å². The van der Waals surface area contributed by atoms with Crippen LogP contribution in [0.5, 0.6) is 5.75 Å². The van der Waals surface area contributed by atoms with Gasteiger partial charge in [-0.15, -0.1) is 0 Å². The predicted molar refractivity (Wildman–Crippen MR) is 115 cm³/mol. The number of carbonyl (C=O) groups is 4. The molecular weight excluding hydrogens is 400 g/mol. The topological polar surface area (TPSA) is 108 Å². The summed E-state index contributed by atoms with van der Waals surface area (Å²) < 4.78 is 5.16. The van der Waals surface area contributed by atoms with Gasteiger partial charge in [0, 0.05) is 31.8 Å². The first-order valence-corrected chi connectivity index (χ1v) is 9.79. The molecule has 1 heterocycles. The Kier molecular flexibility index (Phi) is 6.86. The molecule has 1 aliphatic heterocycles. The number of nitrogens with one attached hydrogen (secondary N) is 2. The molecular formula is C22H24N4O5. The normalized spacial score (nSPS) is 13.4. The predicted octanol–water partition coefficient (Wildman–Crippen LogP) is 2.56. The smallest absolute Gasteiger partial charge is 0.326 e. The van der Waals surface area contributed by atoms with Gasteiger partial charge < -0.3 is 20.3 Å². The van der Waals surface area contributed by atoms with Gasteiger partial charge in [-0.25, -0.2) is 4.79 Å². The number of ether oxygens (including phenoxy) is 1. The Morgan fingerprint density at radius 1 is 1.06 bits per heavy atom. The summed E-state index contributed by atoms with van der Waals surface area (Å²) in [4.78, 5) is 51.2. The third-order valence-corrected chi connectivity index (χ3v) is 4.79. The van der Waals surface area contributed by atoms with Crippen LogP contribution in [-0.4, -0.2) is 60.8 Å². The maximum Gasteiger partial charge on any atom is 0.326 e. The van der Waals surface area contributed by atoms with E-state index in [0.29, 0.717) is 29.1 Å². The standard InChI is InChI=1S/C22H24N4O5/c1-25-14-20(28)26(22(25)30)12-6-11-19(27)24-18-10-4-3-9-17(18)21(29)23-15-7-5-8-16(13-15)31-2/h3-5,7-10,13H,6,11-12,14H2,1-2H3,(H,23,29)(H,24,27). The zero-order valence-electron chi connectivity index (χ0n) is 17.4. The fourth-order valence-electron chi connectivity index (χ4n) is 3.19. The third kappa shape index (κ3) is 5.39. The number of para-hydroxylation sites is 1. The Morgan fingerprint density at radius 2 is 1.84 bits per heavy atom. The number of anilines is 2. The van der Waals surface area contributed by atoms with Crippen molar-refractivity contribution in [2.24, 2.45) is 0 Å². The number of nitrogens with zero attached hydrogens (tertiary/aromatic N) is 2. The molecule has 1 aliphatic rings. The Morgan fingerprint density at radius 3 is 2.55 bits per heavy atom. The highest BCUT2D eigenvalue weighted by molar-refractivity contribution is 6.10. The van der Waals surface area contributed by atoms with E-state index >= 15 is 0 Å². The summed E-state index contributed by atoms with van der Waals surface area (Å²) in [5.74, 6) is -0.345. The number of amides is 5. The number of methoxy groups -OCH3 is 1. The van der Waals surface area contributed by atoms with E-state index in [-0.39, 0.29) is 43.3 Å². The first kappa shape index (κ1) is 21.8. The van der Waals surface area contributed by atoms with Crippen LogP contribution >= 0.6 is 0 Å². The van der Waals surface area contributed by atoms with Gasteiger partial charge in [0.1, 0.15) is 12.3 Å². The monoisotopic (exact) mass is 424 g/mol. The van der Waals surface area contributed by atoms with Crippen molar-refractivity contribution >= 4 is 35.1 Å². The van der Waals surface area contributed by atoms with Crippen molar-refractivity contribution in [1.29, 1.82) is 0 Å². The summed E-state index contributed by atoms with van der Waals surface area (Å²) in [5, 5.41) is 5.52. The fraction of sp³-hybridized carbons (Fsp3) is 0.273. The lowest BCUT2D eigenvalue weighted by atomic mass is 10.1. The second kappa shape index (κ2) is 9.75. The Balaban J connectivity index is 1.58. The van der Waals surface area contributed by atoms with Crippen molar-refractivity contribution in [2.45, 2.75) is 12.8 Å². The average Bonchev–Trinajstić information content (AvgIpc) is 3.00. The van der Waals surface area contributed by atoms with E-state index < -0.39 is 0 Å². The number of imide groups is 1. The number of urea groups is 1. The second-order valence-corrected chi connectivity index (χ2v) is 7.07. The van der Waals surface area contributed by atoms with Gasteiger partial charge in [-0.1, -0.05) is 18.2 Å². The minimum absolute atomic E-state index is 0.0564. The summed E-state index contributed by atoms with van der Waals surface area (Å²) in [6.45, 7) is 0.230. The number of benzene rings is 2. The van der Waals surface area contributed by atoms with E-state index in [9.17, 15) is 19.2 Å². The van der Waals surface area contributed by atoms with Crippen LogP contribution in [0, 0.1) is 0 Å². The molecule has 9 nitrogen and oxygen atoms in total. The molecule has 0 aliphatic carbocycles. The minimum Gasteiger partial charge on any atom is -0.497 e. The zero-order chi connectivity index (χ0) is 22.4. The summed E-state index contributed by atoms with van der Waals surface area (Å²) in [6.07, 6.45) is 0.432. The maximum atomic E-state index is 12.7. The number of likely N-dealkylation sites (N-methyl/N-ethyl adjacent to an activating group) is 1. The lowest BCUT2D eigenvalue weighted by Crippen LogP contribution is -2.33. The van der Waals surface area contributed by atoms with Gasteiger partial charge in [0.15, 0.2) is 0 Å². The number of rotatable bonds is 8. The fourth-order valence-corrected chi connectivity index (χ4v) is 3.19. The quantitative estimate of drug-likeness (QED) is 0.633. The van der Waals surface area contributed by atoms with E-state index in [1.54, 1.807) is 62.7 Å². The molecule has 162 valence electrons. The van der Waals surface area contributed by atoms with E-state index in [1.807, 2.05) is 0 Å². The molecule has 0 atom stereocenters. The van der Waals surface area contributed by atoms with Crippen LogP contribution in [0.3, 0.4) is 0 Å². The molecule has 2 aromatic rings. The SMILES string of the molecule is COc1cccc(NC(=O)c2ccccc2NC(=O)CCCN2C(=O)CN(C)C2=O)c1. The van der Waals surface area contributed by atoms with Crippen LogP contribution in [0.2, 0.25) is 0 Å². The van der Waals surface area contributed by atoms with Gasteiger partial charge in [-0.2, -0.15) is 0 Å². The van der Waals surface area contributed by atoms with Crippen molar-refractivity contribution in [3.8, 4) is 5.75 Å². The van der Waals surface area contributed by atoms with Gasteiger partial charge >= 0.3 is 6.03 Å². The van der Waals surface area contributed by atoms with E-state index in [1.165, 1.54) is 4.90 Å². The van der Waals surface area contributed by atoms with Crippen LogP contribution in [-0.2, 0) is 9.59 Å². The molecule has 0 radical (unpaired) electrons. The highest BCUT2D eigenvalue weighted by Gasteiger charge is 2.32. The van der Waals surface area contributed by atoms with Crippen molar-refractivity contribution in [3.05, 3.63) is 54.1 Å². The first-order valence-electron chi connectivity index (χ1n) is 9.79. The molecule has 2 aromatic carbocycles. The highest BCUT2D eigenvalue weighted by atomic mass is 16.5. The Bertz CT molecular complexity index is 1010. The first-order chi connectivity index (χ1) is 14.9. The summed E-state index contributed by atoms with van der Waals surface area (Å²) in [6, 6.07) is 13.3. The molecule has 1 fully saturated rings. The zero-order valence-corrected chi connectivity index (χ0v) is 17.4. The van der Waals surface area contributed by atoms with Gasteiger partial charge in [-0.3, -0.25) is 19.3 Å². The third-order valence-electron chi connectivity index (χ3n) is 4.79. The molecule has 0 unspecified atom stereocenters. The molecule has 9 heteroatoms. The van der Waals surface area contributed by atoms with Crippen molar-refractivity contribution in [3.63, 3.8) is 0 Å². The van der Waals surface area contributed by atoms with Crippen LogP contribution in [0.1, 0.15) is 23.2 Å². The van der Waals surface area contributed by atoms with Gasteiger partial charge in [0.05, 0.1) is 18.4 Å². The Labute approximate surface area is 180 Å². The minimum atomic E-state index is -0.375. The van der Waals surface area contributed by atoms with Gasteiger partial charge in [-0.05, 0) is 30.7 Å². The van der Waals surface area contributed by atoms with E-state index in [2.05, 4.69) is 10.6 Å². The lowest BCUT2D eigenvalue weighted by molar-refractivity contribution is -0.125. The molecule has 2 N–H and O–H groups in total. The molecule has 0 aromatic heterocycles. The lowest BCUT2D eigenvalue weighted by Gasteiger charge is -2.14. The van der Waals surface area contributed by atoms with E-state index in [4.69, 9.17) is 4.74 Å². The summed E-state index contributed by atoms with van der Waals surface area (Å²) >= 11 is 0. The van der Waals surface area contributed by atoms with Crippen molar-refractivity contribution in [1.82, 2.24) is 9.80 Å². The second-order valence-electron chi connectivity index (χ2n) is 7.07. The van der Waals surface area contributed by atoms with Crippen LogP contribution < -0.4 is 15.4 Å². The summed E-state index contributed by atoms with van der Waals surface area (Å²) in [5.41, 5.74) is 1.25. The molecule has 0 saturated carbocycles. The van der Waals surface area contributed by atoms with Gasteiger partial charge in [0.25, 0.3) is 5.91 Å². The van der Waals surface area contributed by atoms with Gasteiger partial charge in [0.2, 0.25) is 11.8 Å². The van der Waals surface area contributed by atoms with Crippen LogP contribution in [0.15, 0.2) is 48.5 Å². The van der Waals surface area contributed by atoms with Crippen LogP contribution in [0.25, 0.3) is 0 Å². The highest BCUT2D eigenvalue weighted by Crippen LogP contribution is 2.21. The number of hydrogen-bond donors (Lipinski definition) is 2. The molecule has 5 amide bonds. The Hall–Kier alpha value is -3.88. The van der Waals surface area contributed by atoms with E-state index in [0.717, 1.165) is 4.90 Å². The summed E-state index contributed by atoms with van der Waals surface area (Å²) in [7, 11) is 3.10. The maximum absolute atomic E-state index is 12.7. The number of carbonyl (C=O) groups excluding carboxylic acids is 4. The molecule has 1 saturated heterocycles. The van der Waals surface area contributed by atoms with Crippen molar-refractivity contribution < 1.29 is 23.9 Å². The average molecular weight is 424 g/mol. The largest absolute Gasteiger partial charge is 0.497 e.